The van der Waals surface area contributed by atoms with E-state index in [1.165, 1.54) is 0 Å². The van der Waals surface area contributed by atoms with Crippen LogP contribution in [-0.4, -0.2) is 38.7 Å². The van der Waals surface area contributed by atoms with Gasteiger partial charge in [-0.2, -0.15) is 0 Å². The van der Waals surface area contributed by atoms with Crippen LogP contribution >= 0.6 is 0 Å². The van der Waals surface area contributed by atoms with Gasteiger partial charge in [0.1, 0.15) is 0 Å². The Kier molecular flexibility index (Phi) is 7.10. The maximum absolute atomic E-state index is 11.2. The molecule has 1 atom stereocenters. The maximum atomic E-state index is 11.2. The quantitative estimate of drug-likeness (QED) is 0.441. The van der Waals surface area contributed by atoms with Gasteiger partial charge in [-0.3, -0.25) is 0 Å². The van der Waals surface area contributed by atoms with E-state index in [4.69, 9.17) is 9.16 Å². The highest BCUT2D eigenvalue weighted by Crippen LogP contribution is 2.36. The van der Waals surface area contributed by atoms with Gasteiger partial charge in [0.2, 0.25) is 0 Å². The minimum atomic E-state index is -1.72. The first kappa shape index (κ1) is 17.6. The second-order valence-electron chi connectivity index (χ2n) is 6.02. The summed E-state index contributed by atoms with van der Waals surface area (Å²) >= 11 is 0. The van der Waals surface area contributed by atoms with Gasteiger partial charge in [-0.05, 0) is 37.9 Å². The molecule has 0 saturated carbocycles. The van der Waals surface area contributed by atoms with Crippen molar-refractivity contribution in [2.24, 2.45) is 0 Å². The normalized spacial score (nSPS) is 14.4. The van der Waals surface area contributed by atoms with Crippen LogP contribution in [0.4, 0.5) is 0 Å². The summed E-state index contributed by atoms with van der Waals surface area (Å²) in [7, 11) is -1.72. The average molecular weight is 276 g/mol. The lowest BCUT2D eigenvalue weighted by Crippen LogP contribution is -2.41. The van der Waals surface area contributed by atoms with Crippen molar-refractivity contribution in [1.82, 2.24) is 0 Å². The Balaban J connectivity index is 3.90. The van der Waals surface area contributed by atoms with Crippen LogP contribution in [0.3, 0.4) is 0 Å². The highest BCUT2D eigenvalue weighted by Gasteiger charge is 2.36. The molecule has 0 rings (SSSR count). The number of hydrogen-bond acceptors (Lipinski definition) is 4. The highest BCUT2D eigenvalue weighted by atomic mass is 28.4. The van der Waals surface area contributed by atoms with E-state index in [-0.39, 0.29) is 5.04 Å². The first-order valence-corrected chi connectivity index (χ1v) is 9.51. The number of aliphatic hydroxyl groups is 1. The monoisotopic (exact) mass is 276 g/mol. The van der Waals surface area contributed by atoms with Gasteiger partial charge < -0.3 is 14.3 Å². The van der Waals surface area contributed by atoms with Crippen molar-refractivity contribution in [3.05, 3.63) is 0 Å². The average Bonchev–Trinajstić information content (AvgIpc) is 2.22. The number of rotatable bonds is 7. The molecule has 0 unspecified atom stereocenters. The van der Waals surface area contributed by atoms with Crippen molar-refractivity contribution < 1.29 is 19.1 Å². The summed E-state index contributed by atoms with van der Waals surface area (Å²) in [4.78, 5) is 11.2. The third kappa shape index (κ3) is 5.98. The minimum absolute atomic E-state index is 0.187. The predicted octanol–water partition coefficient (Wildman–Crippen LogP) is 2.71. The summed E-state index contributed by atoms with van der Waals surface area (Å²) < 4.78 is 10.7. The molecule has 0 aliphatic rings. The molecule has 0 heterocycles. The van der Waals surface area contributed by atoms with Gasteiger partial charge in [0.05, 0.1) is 6.61 Å². The molecule has 0 aromatic heterocycles. The molecule has 1 N–H and O–H groups in total. The van der Waals surface area contributed by atoms with Crippen LogP contribution in [0.25, 0.3) is 0 Å². The van der Waals surface area contributed by atoms with E-state index in [9.17, 15) is 9.90 Å². The van der Waals surface area contributed by atoms with Crippen LogP contribution in [0.1, 0.15) is 40.5 Å². The van der Waals surface area contributed by atoms with Crippen molar-refractivity contribution in [3.8, 4) is 0 Å². The van der Waals surface area contributed by atoms with Crippen molar-refractivity contribution >= 4 is 14.3 Å². The fourth-order valence-corrected chi connectivity index (χ4v) is 2.26. The number of esters is 1. The first-order valence-electron chi connectivity index (χ1n) is 6.60. The van der Waals surface area contributed by atoms with Crippen molar-refractivity contribution in [3.63, 3.8) is 0 Å². The fourth-order valence-electron chi connectivity index (χ4n) is 1.18. The SMILES string of the molecule is CCOC(=O)[C@@H](O)CCCO[Si](C)(C)C(C)(C)C. The zero-order valence-electron chi connectivity index (χ0n) is 12.6. The summed E-state index contributed by atoms with van der Waals surface area (Å²) in [5.41, 5.74) is 0. The molecule has 0 aromatic carbocycles. The smallest absolute Gasteiger partial charge is 0.334 e. The Bertz CT molecular complexity index is 258. The molecule has 0 spiro atoms. The summed E-state index contributed by atoms with van der Waals surface area (Å²) in [5, 5.41) is 9.71. The minimum Gasteiger partial charge on any atom is -0.464 e. The van der Waals surface area contributed by atoms with Gasteiger partial charge in [-0.1, -0.05) is 20.8 Å². The van der Waals surface area contributed by atoms with Crippen LogP contribution in [-0.2, 0) is 14.0 Å². The summed E-state index contributed by atoms with van der Waals surface area (Å²) in [6.45, 7) is 13.6. The van der Waals surface area contributed by atoms with Crippen molar-refractivity contribution in [1.29, 1.82) is 0 Å². The third-order valence-corrected chi connectivity index (χ3v) is 7.99. The van der Waals surface area contributed by atoms with Crippen LogP contribution in [0.15, 0.2) is 0 Å². The Morgan fingerprint density at radius 3 is 2.33 bits per heavy atom. The molecule has 0 bridgehead atoms. The largest absolute Gasteiger partial charge is 0.464 e. The van der Waals surface area contributed by atoms with Gasteiger partial charge >= 0.3 is 5.97 Å². The van der Waals surface area contributed by atoms with Gasteiger partial charge in [0.15, 0.2) is 14.4 Å². The standard InChI is InChI=1S/C13H28O4Si/c1-7-16-12(15)11(14)9-8-10-17-18(5,6)13(2,3)4/h11,14H,7-10H2,1-6H3/t11-/m0/s1. The molecule has 0 aliphatic carbocycles. The van der Waals surface area contributed by atoms with E-state index < -0.39 is 20.4 Å². The van der Waals surface area contributed by atoms with E-state index >= 15 is 0 Å². The molecule has 0 radical (unpaired) electrons. The molecular formula is C13H28O4Si. The molecule has 5 heteroatoms. The van der Waals surface area contributed by atoms with E-state index in [2.05, 4.69) is 33.9 Å². The van der Waals surface area contributed by atoms with Crippen LogP contribution in [0, 0.1) is 0 Å². The number of carbonyl (C=O) groups excluding carboxylic acids is 1. The molecule has 0 saturated heterocycles. The maximum Gasteiger partial charge on any atom is 0.334 e. The van der Waals surface area contributed by atoms with Crippen molar-refractivity contribution in [2.75, 3.05) is 13.2 Å². The van der Waals surface area contributed by atoms with Crippen molar-refractivity contribution in [2.45, 2.75) is 64.8 Å². The van der Waals surface area contributed by atoms with E-state index in [1.54, 1.807) is 6.92 Å². The first-order chi connectivity index (χ1) is 8.12. The lowest BCUT2D eigenvalue weighted by Gasteiger charge is -2.36. The lowest BCUT2D eigenvalue weighted by molar-refractivity contribution is -0.153. The molecule has 0 amide bonds. The predicted molar refractivity (Wildman–Crippen MR) is 75.0 cm³/mol. The third-order valence-electron chi connectivity index (χ3n) is 3.45. The molecule has 0 aromatic rings. The second kappa shape index (κ2) is 7.26. The zero-order chi connectivity index (χ0) is 14.4. The molecular weight excluding hydrogens is 248 g/mol. The Hall–Kier alpha value is -0.393. The number of ether oxygens (including phenoxy) is 1. The Morgan fingerprint density at radius 1 is 1.33 bits per heavy atom. The molecule has 0 fully saturated rings. The van der Waals surface area contributed by atoms with Crippen LogP contribution in [0.2, 0.25) is 18.1 Å². The Labute approximate surface area is 112 Å². The molecule has 4 nitrogen and oxygen atoms in total. The zero-order valence-corrected chi connectivity index (χ0v) is 13.6. The highest BCUT2D eigenvalue weighted by molar-refractivity contribution is 6.74. The van der Waals surface area contributed by atoms with Crippen LogP contribution in [0.5, 0.6) is 0 Å². The number of hydrogen-bond donors (Lipinski definition) is 1. The van der Waals surface area contributed by atoms with Gasteiger partial charge in [-0.25, -0.2) is 4.79 Å². The number of aliphatic hydroxyl groups excluding tert-OH is 1. The summed E-state index contributed by atoms with van der Waals surface area (Å²) in [6.07, 6.45) is 0.0490. The van der Waals surface area contributed by atoms with Crippen LogP contribution < -0.4 is 0 Å². The lowest BCUT2D eigenvalue weighted by atomic mass is 10.2. The topological polar surface area (TPSA) is 55.8 Å². The molecule has 0 aliphatic heterocycles. The molecule has 18 heavy (non-hydrogen) atoms. The van der Waals surface area contributed by atoms with Gasteiger partial charge in [0, 0.05) is 6.61 Å². The fraction of sp³-hybridized carbons (Fsp3) is 0.923. The number of carbonyl (C=O) groups is 1. The Morgan fingerprint density at radius 2 is 1.89 bits per heavy atom. The summed E-state index contributed by atoms with van der Waals surface area (Å²) in [5.74, 6) is -0.537. The van der Waals surface area contributed by atoms with E-state index in [1.807, 2.05) is 0 Å². The molecule has 108 valence electrons. The summed E-state index contributed by atoms with van der Waals surface area (Å²) in [6, 6.07) is 0. The second-order valence-corrected chi connectivity index (χ2v) is 10.8. The van der Waals surface area contributed by atoms with E-state index in [0.717, 1.165) is 0 Å². The van der Waals surface area contributed by atoms with Gasteiger partial charge in [-0.15, -0.1) is 0 Å². The van der Waals surface area contributed by atoms with E-state index in [0.29, 0.717) is 26.1 Å². The van der Waals surface area contributed by atoms with Gasteiger partial charge in [0.25, 0.3) is 0 Å².